The van der Waals surface area contributed by atoms with Gasteiger partial charge in [0.25, 0.3) is 0 Å². The predicted molar refractivity (Wildman–Crippen MR) is 128 cm³/mol. The normalized spacial score (nSPS) is 15.9. The molecule has 4 rings (SSSR count). The number of rotatable bonds is 9. The Bertz CT molecular complexity index is 1240. The van der Waals surface area contributed by atoms with Gasteiger partial charge in [-0.15, -0.1) is 0 Å². The molecule has 1 aromatic heterocycles. The van der Waals surface area contributed by atoms with Crippen molar-refractivity contribution < 1.29 is 28.6 Å². The Morgan fingerprint density at radius 2 is 1.97 bits per heavy atom. The SMILES string of the molecule is CCOC(=O)Cn1c2c(c3cc(F)ccc31)CC(NC(=O)C(CC(=O)O)Cc1ccccc1)CC2. The van der Waals surface area contributed by atoms with Crippen LogP contribution in [0, 0.1) is 11.7 Å². The summed E-state index contributed by atoms with van der Waals surface area (Å²) < 4.78 is 21.1. The molecule has 0 saturated heterocycles. The molecule has 0 fully saturated rings. The smallest absolute Gasteiger partial charge is 0.325 e. The highest BCUT2D eigenvalue weighted by molar-refractivity contribution is 5.88. The lowest BCUT2D eigenvalue weighted by molar-refractivity contribution is -0.143. The number of hydrogen-bond donors (Lipinski definition) is 2. The van der Waals surface area contributed by atoms with Crippen molar-refractivity contribution in [3.05, 3.63) is 71.2 Å². The summed E-state index contributed by atoms with van der Waals surface area (Å²) in [6.07, 6.45) is 1.77. The van der Waals surface area contributed by atoms with Crippen molar-refractivity contribution in [3.8, 4) is 0 Å². The zero-order valence-corrected chi connectivity index (χ0v) is 19.6. The van der Waals surface area contributed by atoms with Crippen LogP contribution in [0.3, 0.4) is 0 Å². The predicted octanol–water partition coefficient (Wildman–Crippen LogP) is 3.65. The minimum Gasteiger partial charge on any atom is -0.481 e. The minimum atomic E-state index is -1.02. The van der Waals surface area contributed by atoms with Crippen molar-refractivity contribution in [2.24, 2.45) is 5.92 Å². The number of carboxylic acids is 1. The molecule has 2 unspecified atom stereocenters. The molecule has 184 valence electrons. The number of carboxylic acid groups (broad SMARTS) is 1. The molecule has 35 heavy (non-hydrogen) atoms. The number of ether oxygens (including phenoxy) is 1. The Morgan fingerprint density at radius 3 is 2.69 bits per heavy atom. The zero-order valence-electron chi connectivity index (χ0n) is 19.6. The molecule has 8 heteroatoms. The molecule has 1 aliphatic rings. The summed E-state index contributed by atoms with van der Waals surface area (Å²) in [5.41, 5.74) is 3.50. The third-order valence-electron chi connectivity index (χ3n) is 6.48. The maximum Gasteiger partial charge on any atom is 0.325 e. The van der Waals surface area contributed by atoms with Crippen molar-refractivity contribution in [2.75, 3.05) is 6.61 Å². The molecule has 1 amide bonds. The number of nitrogens with one attached hydrogen (secondary N) is 1. The molecule has 0 aliphatic heterocycles. The Kier molecular flexibility index (Phi) is 7.48. The van der Waals surface area contributed by atoms with E-state index in [-0.39, 0.29) is 43.3 Å². The van der Waals surface area contributed by atoms with E-state index in [9.17, 15) is 23.9 Å². The lowest BCUT2D eigenvalue weighted by Crippen LogP contribution is -2.43. The molecule has 0 radical (unpaired) electrons. The molecule has 0 spiro atoms. The summed E-state index contributed by atoms with van der Waals surface area (Å²) in [5.74, 6) is -2.75. The third kappa shape index (κ3) is 5.70. The van der Waals surface area contributed by atoms with Gasteiger partial charge in [0.2, 0.25) is 5.91 Å². The maximum absolute atomic E-state index is 14.1. The first-order chi connectivity index (χ1) is 16.9. The van der Waals surface area contributed by atoms with Crippen LogP contribution in [0.4, 0.5) is 4.39 Å². The number of nitrogens with zero attached hydrogens (tertiary/aromatic N) is 1. The van der Waals surface area contributed by atoms with Gasteiger partial charge in [-0.2, -0.15) is 0 Å². The van der Waals surface area contributed by atoms with E-state index in [0.29, 0.717) is 25.7 Å². The Morgan fingerprint density at radius 1 is 1.20 bits per heavy atom. The second-order valence-corrected chi connectivity index (χ2v) is 8.91. The van der Waals surface area contributed by atoms with E-state index in [4.69, 9.17) is 4.74 Å². The highest BCUT2D eigenvalue weighted by Gasteiger charge is 2.30. The average Bonchev–Trinajstić information content (AvgIpc) is 3.11. The van der Waals surface area contributed by atoms with Gasteiger partial charge < -0.3 is 19.7 Å². The number of aliphatic carboxylic acids is 1. The third-order valence-corrected chi connectivity index (χ3v) is 6.48. The van der Waals surface area contributed by atoms with E-state index in [1.165, 1.54) is 12.1 Å². The zero-order chi connectivity index (χ0) is 24.9. The Hall–Kier alpha value is -3.68. The Balaban J connectivity index is 1.55. The van der Waals surface area contributed by atoms with Crippen LogP contribution in [0.1, 0.15) is 36.6 Å². The fraction of sp³-hybridized carbons (Fsp3) is 0.370. The van der Waals surface area contributed by atoms with Crippen LogP contribution in [-0.4, -0.2) is 40.2 Å². The topological polar surface area (TPSA) is 97.6 Å². The number of carbonyl (C=O) groups is 3. The van der Waals surface area contributed by atoms with Crippen LogP contribution in [0.2, 0.25) is 0 Å². The molecule has 3 aromatic rings. The number of carbonyl (C=O) groups excluding carboxylic acids is 2. The lowest BCUT2D eigenvalue weighted by Gasteiger charge is -2.27. The number of fused-ring (bicyclic) bond motifs is 3. The van der Waals surface area contributed by atoms with Crippen molar-refractivity contribution in [3.63, 3.8) is 0 Å². The second kappa shape index (κ2) is 10.7. The van der Waals surface area contributed by atoms with Gasteiger partial charge in [-0.25, -0.2) is 4.39 Å². The summed E-state index contributed by atoms with van der Waals surface area (Å²) >= 11 is 0. The summed E-state index contributed by atoms with van der Waals surface area (Å²) in [6.45, 7) is 2.07. The number of esters is 1. The molecule has 2 aromatic carbocycles. The summed E-state index contributed by atoms with van der Waals surface area (Å²) in [7, 11) is 0. The highest BCUT2D eigenvalue weighted by Crippen LogP contribution is 2.33. The number of hydrogen-bond acceptors (Lipinski definition) is 4. The summed E-state index contributed by atoms with van der Waals surface area (Å²) in [4.78, 5) is 36.7. The Labute approximate surface area is 202 Å². The largest absolute Gasteiger partial charge is 0.481 e. The molecular formula is C27H29FN2O5. The van der Waals surface area contributed by atoms with Crippen LogP contribution in [0.25, 0.3) is 10.9 Å². The van der Waals surface area contributed by atoms with Crippen LogP contribution in [-0.2, 0) is 44.9 Å². The highest BCUT2D eigenvalue weighted by atomic mass is 19.1. The first kappa shape index (κ1) is 24.4. The monoisotopic (exact) mass is 480 g/mol. The first-order valence-electron chi connectivity index (χ1n) is 11.9. The lowest BCUT2D eigenvalue weighted by atomic mass is 9.89. The first-order valence-corrected chi connectivity index (χ1v) is 11.9. The fourth-order valence-corrected chi connectivity index (χ4v) is 4.95. The van der Waals surface area contributed by atoms with E-state index in [2.05, 4.69) is 5.32 Å². The number of aromatic nitrogens is 1. The van der Waals surface area contributed by atoms with Crippen LogP contribution >= 0.6 is 0 Å². The fourth-order valence-electron chi connectivity index (χ4n) is 4.95. The summed E-state index contributed by atoms with van der Waals surface area (Å²) in [6, 6.07) is 13.6. The van der Waals surface area contributed by atoms with Crippen molar-refractivity contribution in [2.45, 2.75) is 51.6 Å². The summed E-state index contributed by atoms with van der Waals surface area (Å²) in [5, 5.41) is 13.1. The molecule has 2 atom stereocenters. The quantitative estimate of drug-likeness (QED) is 0.456. The molecule has 1 aliphatic carbocycles. The van der Waals surface area contributed by atoms with Crippen LogP contribution in [0.15, 0.2) is 48.5 Å². The number of halogens is 1. The maximum atomic E-state index is 14.1. The van der Waals surface area contributed by atoms with Crippen molar-refractivity contribution in [1.82, 2.24) is 9.88 Å². The van der Waals surface area contributed by atoms with Crippen LogP contribution in [0.5, 0.6) is 0 Å². The van der Waals surface area contributed by atoms with Crippen LogP contribution < -0.4 is 5.32 Å². The van der Waals surface area contributed by atoms with E-state index < -0.39 is 11.9 Å². The standard InChI is InChI=1S/C27H29FN2O5/c1-2-35-26(33)16-30-23-10-8-19(28)14-21(23)22-15-20(9-11-24(22)30)29-27(34)18(13-25(31)32)12-17-6-4-3-5-7-17/h3-8,10,14,18,20H,2,9,11-13,15-16H2,1H3,(H,29,34)(H,31,32). The van der Waals surface area contributed by atoms with Gasteiger partial charge in [0.15, 0.2) is 0 Å². The van der Waals surface area contributed by atoms with Gasteiger partial charge in [0.1, 0.15) is 12.4 Å². The van der Waals surface area contributed by atoms with Gasteiger partial charge in [-0.05, 0) is 61.9 Å². The minimum absolute atomic E-state index is 0.0418. The van der Waals surface area contributed by atoms with Gasteiger partial charge in [0, 0.05) is 22.6 Å². The molecule has 1 heterocycles. The van der Waals surface area contributed by atoms with E-state index in [0.717, 1.165) is 27.7 Å². The van der Waals surface area contributed by atoms with Crippen molar-refractivity contribution in [1.29, 1.82) is 0 Å². The van der Waals surface area contributed by atoms with E-state index >= 15 is 0 Å². The molecule has 0 bridgehead atoms. The molecule has 0 saturated carbocycles. The number of benzene rings is 2. The molecular weight excluding hydrogens is 451 g/mol. The van der Waals surface area contributed by atoms with Gasteiger partial charge in [-0.3, -0.25) is 14.4 Å². The van der Waals surface area contributed by atoms with Crippen molar-refractivity contribution >= 4 is 28.7 Å². The number of amides is 1. The molecule has 2 N–H and O–H groups in total. The van der Waals surface area contributed by atoms with Gasteiger partial charge in [0.05, 0.1) is 18.9 Å². The molecule has 7 nitrogen and oxygen atoms in total. The van der Waals surface area contributed by atoms with Gasteiger partial charge >= 0.3 is 11.9 Å². The average molecular weight is 481 g/mol. The second-order valence-electron chi connectivity index (χ2n) is 8.91. The van der Waals surface area contributed by atoms with Gasteiger partial charge in [-0.1, -0.05) is 30.3 Å². The van der Waals surface area contributed by atoms with E-state index in [1.54, 1.807) is 13.0 Å². The van der Waals surface area contributed by atoms with E-state index in [1.807, 2.05) is 34.9 Å².